The zero-order valence-electron chi connectivity index (χ0n) is 8.45. The van der Waals surface area contributed by atoms with Gasteiger partial charge < -0.3 is 0 Å². The quantitative estimate of drug-likeness (QED) is 0.607. The molecule has 2 nitrogen and oxygen atoms in total. The number of hydrogen-bond acceptors (Lipinski definition) is 2. The van der Waals surface area contributed by atoms with E-state index in [0.29, 0.717) is 0 Å². The van der Waals surface area contributed by atoms with Gasteiger partial charge in [-0.25, -0.2) is 0 Å². The van der Waals surface area contributed by atoms with Crippen LogP contribution in [-0.4, -0.2) is 48.6 Å². The Bertz CT molecular complexity index is 155. The number of rotatable bonds is 2. The Hall–Kier alpha value is -0.0800. The molecule has 0 aromatic carbocycles. The third-order valence-electron chi connectivity index (χ3n) is 3.26. The fourth-order valence-electron chi connectivity index (χ4n) is 2.55. The molecule has 0 amide bonds. The predicted octanol–water partition coefficient (Wildman–Crippen LogP) is 1.03. The summed E-state index contributed by atoms with van der Waals surface area (Å²) in [5.41, 5.74) is 0. The molecule has 2 bridgehead atoms. The van der Waals surface area contributed by atoms with Gasteiger partial charge >= 0.3 is 0 Å². The van der Waals surface area contributed by atoms with Crippen LogP contribution in [0.2, 0.25) is 0 Å². The fourth-order valence-corrected chi connectivity index (χ4v) is 2.55. The van der Waals surface area contributed by atoms with Gasteiger partial charge in [-0.1, -0.05) is 13.8 Å². The molecular formula is C10H20N2. The van der Waals surface area contributed by atoms with E-state index < -0.39 is 0 Å². The molecule has 3 aliphatic rings. The smallest absolute Gasteiger partial charge is 0.0238 e. The zero-order valence-corrected chi connectivity index (χ0v) is 8.45. The van der Waals surface area contributed by atoms with Crippen molar-refractivity contribution in [3.8, 4) is 0 Å². The second kappa shape index (κ2) is 3.00. The molecule has 2 unspecified atom stereocenters. The van der Waals surface area contributed by atoms with Crippen molar-refractivity contribution >= 4 is 0 Å². The van der Waals surface area contributed by atoms with Crippen molar-refractivity contribution in [2.45, 2.75) is 32.4 Å². The highest BCUT2D eigenvalue weighted by Crippen LogP contribution is 2.30. The van der Waals surface area contributed by atoms with Crippen LogP contribution in [0.4, 0.5) is 0 Å². The summed E-state index contributed by atoms with van der Waals surface area (Å²) < 4.78 is 0. The average molecular weight is 168 g/mol. The van der Waals surface area contributed by atoms with Crippen molar-refractivity contribution in [2.24, 2.45) is 5.92 Å². The Morgan fingerprint density at radius 2 is 1.83 bits per heavy atom. The summed E-state index contributed by atoms with van der Waals surface area (Å²) in [5.74, 6) is 0.827. The van der Waals surface area contributed by atoms with Gasteiger partial charge in [0.1, 0.15) is 0 Å². The van der Waals surface area contributed by atoms with Crippen molar-refractivity contribution in [3.05, 3.63) is 0 Å². The number of piperidine rings is 1. The molecule has 0 radical (unpaired) electrons. The molecule has 3 fully saturated rings. The summed E-state index contributed by atoms with van der Waals surface area (Å²) in [6, 6.07) is 1.75. The van der Waals surface area contributed by atoms with Gasteiger partial charge in [0.05, 0.1) is 0 Å². The minimum atomic E-state index is 0.827. The molecule has 0 aliphatic carbocycles. The second-order valence-corrected chi connectivity index (χ2v) is 4.82. The van der Waals surface area contributed by atoms with E-state index in [1.54, 1.807) is 0 Å². The lowest BCUT2D eigenvalue weighted by Gasteiger charge is -2.55. The number of hydrogen-bond donors (Lipinski definition) is 0. The van der Waals surface area contributed by atoms with Gasteiger partial charge in [0.2, 0.25) is 0 Å². The SMILES string of the molecule is CC(C)CN1CC2CC(C1)N2C. The van der Waals surface area contributed by atoms with E-state index in [-0.39, 0.29) is 0 Å². The highest BCUT2D eigenvalue weighted by molar-refractivity contribution is 4.98. The third-order valence-corrected chi connectivity index (χ3v) is 3.26. The van der Waals surface area contributed by atoms with Gasteiger partial charge in [-0.05, 0) is 19.4 Å². The summed E-state index contributed by atoms with van der Waals surface area (Å²) >= 11 is 0. The van der Waals surface area contributed by atoms with Gasteiger partial charge in [-0.3, -0.25) is 9.80 Å². The molecule has 3 heterocycles. The predicted molar refractivity (Wildman–Crippen MR) is 51.2 cm³/mol. The Morgan fingerprint density at radius 1 is 1.25 bits per heavy atom. The Morgan fingerprint density at radius 3 is 2.25 bits per heavy atom. The molecule has 0 spiro atoms. The molecule has 0 N–H and O–H groups in total. The molecular weight excluding hydrogens is 148 g/mol. The van der Waals surface area contributed by atoms with E-state index in [0.717, 1.165) is 18.0 Å². The van der Waals surface area contributed by atoms with Crippen LogP contribution < -0.4 is 0 Å². The molecule has 3 aliphatic heterocycles. The van der Waals surface area contributed by atoms with Gasteiger partial charge in [-0.15, -0.1) is 0 Å². The van der Waals surface area contributed by atoms with Crippen molar-refractivity contribution < 1.29 is 0 Å². The van der Waals surface area contributed by atoms with Crippen LogP contribution in [0.15, 0.2) is 0 Å². The maximum atomic E-state index is 2.63. The number of likely N-dealkylation sites (N-methyl/N-ethyl adjacent to an activating group) is 1. The number of fused-ring (bicyclic) bond motifs is 2. The highest BCUT2D eigenvalue weighted by atomic mass is 15.3. The van der Waals surface area contributed by atoms with E-state index in [9.17, 15) is 0 Å². The molecule has 2 atom stereocenters. The summed E-state index contributed by atoms with van der Waals surface area (Å²) in [6.07, 6.45) is 1.45. The van der Waals surface area contributed by atoms with Gasteiger partial charge in [0, 0.05) is 31.7 Å². The molecule has 0 aromatic heterocycles. The van der Waals surface area contributed by atoms with Crippen molar-refractivity contribution in [3.63, 3.8) is 0 Å². The molecule has 2 heteroatoms. The monoisotopic (exact) mass is 168 g/mol. The lowest BCUT2D eigenvalue weighted by atomic mass is 9.88. The Kier molecular flexibility index (Phi) is 2.13. The van der Waals surface area contributed by atoms with Gasteiger partial charge in [0.25, 0.3) is 0 Å². The zero-order chi connectivity index (χ0) is 8.72. The van der Waals surface area contributed by atoms with E-state index in [4.69, 9.17) is 0 Å². The largest absolute Gasteiger partial charge is 0.300 e. The van der Waals surface area contributed by atoms with Crippen LogP contribution in [-0.2, 0) is 0 Å². The first kappa shape index (κ1) is 8.52. The van der Waals surface area contributed by atoms with E-state index in [1.807, 2.05) is 0 Å². The van der Waals surface area contributed by atoms with Gasteiger partial charge in [-0.2, -0.15) is 0 Å². The Balaban J connectivity index is 1.83. The van der Waals surface area contributed by atoms with Crippen LogP contribution in [0.3, 0.4) is 0 Å². The lowest BCUT2D eigenvalue weighted by Crippen LogP contribution is -2.67. The molecule has 3 rings (SSSR count). The minimum Gasteiger partial charge on any atom is -0.300 e. The third kappa shape index (κ3) is 1.38. The van der Waals surface area contributed by atoms with Gasteiger partial charge in [0.15, 0.2) is 0 Å². The average Bonchev–Trinajstić information content (AvgIpc) is 2.02. The molecule has 0 saturated carbocycles. The minimum absolute atomic E-state index is 0.827. The summed E-state index contributed by atoms with van der Waals surface area (Å²) in [7, 11) is 2.27. The normalized spacial score (nSPS) is 37.0. The maximum absolute atomic E-state index is 2.63. The summed E-state index contributed by atoms with van der Waals surface area (Å²) in [5, 5.41) is 0. The lowest BCUT2D eigenvalue weighted by molar-refractivity contribution is -0.0533. The van der Waals surface area contributed by atoms with Crippen LogP contribution in [0.5, 0.6) is 0 Å². The maximum Gasteiger partial charge on any atom is 0.0238 e. The molecule has 70 valence electrons. The van der Waals surface area contributed by atoms with Crippen molar-refractivity contribution in [1.82, 2.24) is 9.80 Å². The first-order chi connectivity index (χ1) is 5.66. The van der Waals surface area contributed by atoms with Crippen LogP contribution >= 0.6 is 0 Å². The molecule has 3 saturated heterocycles. The second-order valence-electron chi connectivity index (χ2n) is 4.82. The summed E-state index contributed by atoms with van der Waals surface area (Å²) in [6.45, 7) is 8.53. The van der Waals surface area contributed by atoms with Crippen molar-refractivity contribution in [1.29, 1.82) is 0 Å². The number of nitrogens with zero attached hydrogens (tertiary/aromatic N) is 2. The van der Waals surface area contributed by atoms with E-state index >= 15 is 0 Å². The Labute approximate surface area is 75.5 Å². The summed E-state index contributed by atoms with van der Waals surface area (Å²) in [4.78, 5) is 5.17. The fraction of sp³-hybridized carbons (Fsp3) is 1.00. The topological polar surface area (TPSA) is 6.48 Å². The van der Waals surface area contributed by atoms with Crippen LogP contribution in [0, 0.1) is 5.92 Å². The van der Waals surface area contributed by atoms with E-state index in [2.05, 4.69) is 30.7 Å². The highest BCUT2D eigenvalue weighted by Gasteiger charge is 2.41. The van der Waals surface area contributed by atoms with Crippen molar-refractivity contribution in [2.75, 3.05) is 26.7 Å². The van der Waals surface area contributed by atoms with E-state index in [1.165, 1.54) is 26.1 Å². The van der Waals surface area contributed by atoms with Crippen LogP contribution in [0.1, 0.15) is 20.3 Å². The molecule has 12 heavy (non-hydrogen) atoms. The van der Waals surface area contributed by atoms with Crippen LogP contribution in [0.25, 0.3) is 0 Å². The first-order valence-electron chi connectivity index (χ1n) is 5.11. The number of piperazine rings is 1. The first-order valence-corrected chi connectivity index (χ1v) is 5.11. The standard InChI is InChI=1S/C10H20N2/c1-8(2)5-12-6-9-4-10(7-12)11(9)3/h8-10H,4-7H2,1-3H3. The molecule has 0 aromatic rings.